The minimum absolute atomic E-state index is 0.126. The Morgan fingerprint density at radius 2 is 2.00 bits per heavy atom. The predicted octanol–water partition coefficient (Wildman–Crippen LogP) is 2.16. The Morgan fingerprint density at radius 1 is 1.33 bits per heavy atom. The molecule has 6 heteroatoms. The van der Waals surface area contributed by atoms with Crippen LogP contribution in [0.15, 0.2) is 28.0 Å². The van der Waals surface area contributed by atoms with E-state index in [1.54, 1.807) is 6.07 Å². The summed E-state index contributed by atoms with van der Waals surface area (Å²) in [6.45, 7) is 3.95. The number of hydrogen-bond donors (Lipinski definition) is 1. The van der Waals surface area contributed by atoms with Crippen LogP contribution >= 0.6 is 11.8 Å². The van der Waals surface area contributed by atoms with Gasteiger partial charge < -0.3 is 5.32 Å². The maximum Gasteiger partial charge on any atom is 0.238 e. The fourth-order valence-electron chi connectivity index (χ4n) is 1.86. The van der Waals surface area contributed by atoms with Crippen LogP contribution in [0.4, 0.5) is 5.69 Å². The van der Waals surface area contributed by atoms with Crippen molar-refractivity contribution in [3.63, 3.8) is 0 Å². The second-order valence-electron chi connectivity index (χ2n) is 4.67. The molecule has 1 aliphatic rings. The van der Waals surface area contributed by atoms with Gasteiger partial charge in [0.05, 0.1) is 15.8 Å². The predicted molar refractivity (Wildman–Crippen MR) is 72.7 cm³/mol. The van der Waals surface area contributed by atoms with Crippen molar-refractivity contribution in [2.45, 2.75) is 28.9 Å². The van der Waals surface area contributed by atoms with Crippen molar-refractivity contribution < 1.29 is 13.2 Å². The highest BCUT2D eigenvalue weighted by atomic mass is 32.2. The molecule has 0 saturated heterocycles. The topological polar surface area (TPSA) is 63.2 Å². The molecule has 0 spiro atoms. The molecule has 0 fully saturated rings. The lowest BCUT2D eigenvalue weighted by atomic mass is 10.1. The molecule has 0 bridgehead atoms. The zero-order chi connectivity index (χ0) is 13.5. The number of carbonyl (C=O) groups excluding carboxylic acids is 1. The molecule has 1 heterocycles. The lowest BCUT2D eigenvalue weighted by Gasteiger charge is -2.27. The summed E-state index contributed by atoms with van der Waals surface area (Å²) < 4.78 is 23.3. The molecule has 0 radical (unpaired) electrons. The molecule has 1 aromatic rings. The van der Waals surface area contributed by atoms with E-state index in [1.807, 2.05) is 19.9 Å². The largest absolute Gasteiger partial charge is 0.323 e. The smallest absolute Gasteiger partial charge is 0.238 e. The van der Waals surface area contributed by atoms with Gasteiger partial charge in [0.1, 0.15) is 0 Å². The number of amides is 1. The Balaban J connectivity index is 2.52. The van der Waals surface area contributed by atoms with E-state index >= 15 is 0 Å². The van der Waals surface area contributed by atoms with Crippen LogP contribution in [0.5, 0.6) is 0 Å². The molecule has 0 saturated carbocycles. The van der Waals surface area contributed by atoms with Crippen LogP contribution in [0.3, 0.4) is 0 Å². The number of para-hydroxylation sites is 1. The highest BCUT2D eigenvalue weighted by molar-refractivity contribution is 8.01. The minimum Gasteiger partial charge on any atom is -0.323 e. The molecule has 1 atom stereocenters. The van der Waals surface area contributed by atoms with Crippen LogP contribution in [0.25, 0.3) is 0 Å². The average Bonchev–Trinajstić information content (AvgIpc) is 2.25. The molecule has 0 aliphatic carbocycles. The fourth-order valence-corrected chi connectivity index (χ4v) is 3.93. The summed E-state index contributed by atoms with van der Waals surface area (Å²) in [6, 6.07) is 5.06. The Kier molecular flexibility index (Phi) is 3.42. The second kappa shape index (κ2) is 4.59. The van der Waals surface area contributed by atoms with Gasteiger partial charge in [0.15, 0.2) is 9.84 Å². The number of carbonyl (C=O) groups is 1. The Labute approximate surface area is 111 Å². The van der Waals surface area contributed by atoms with E-state index in [2.05, 4.69) is 5.32 Å². The molecule has 1 aliphatic heterocycles. The zero-order valence-electron chi connectivity index (χ0n) is 10.4. The number of sulfone groups is 1. The normalized spacial score (nSPS) is 19.6. The number of rotatable bonds is 2. The summed E-state index contributed by atoms with van der Waals surface area (Å²) in [5.74, 6) is 0.0728. The SMILES string of the molecule is CC(C)C1Sc2cccc(S(C)(=O)=O)c2NC1=O. The van der Waals surface area contributed by atoms with Gasteiger partial charge in [0.2, 0.25) is 5.91 Å². The molecule has 0 aromatic heterocycles. The lowest BCUT2D eigenvalue weighted by molar-refractivity contribution is -0.116. The number of thioether (sulfide) groups is 1. The first kappa shape index (κ1) is 13.4. The van der Waals surface area contributed by atoms with Crippen molar-refractivity contribution in [2.24, 2.45) is 5.92 Å². The van der Waals surface area contributed by atoms with Gasteiger partial charge in [-0.25, -0.2) is 8.42 Å². The average molecular weight is 285 g/mol. The van der Waals surface area contributed by atoms with Crippen molar-refractivity contribution in [3.05, 3.63) is 18.2 Å². The van der Waals surface area contributed by atoms with Crippen molar-refractivity contribution in [1.82, 2.24) is 0 Å². The number of anilines is 1. The summed E-state index contributed by atoms with van der Waals surface area (Å²) in [7, 11) is -3.33. The standard InChI is InChI=1S/C12H15NO3S2/c1-7(2)11-12(14)13-10-8(17-11)5-4-6-9(10)18(3,15)16/h4-7,11H,1-3H3,(H,13,14). The minimum atomic E-state index is -3.33. The van der Waals surface area contributed by atoms with Crippen molar-refractivity contribution in [1.29, 1.82) is 0 Å². The first-order valence-electron chi connectivity index (χ1n) is 5.61. The molecular weight excluding hydrogens is 270 g/mol. The van der Waals surface area contributed by atoms with Crippen LogP contribution in [-0.4, -0.2) is 25.8 Å². The third-order valence-corrected chi connectivity index (χ3v) is 5.50. The molecule has 18 heavy (non-hydrogen) atoms. The molecule has 1 aromatic carbocycles. The van der Waals surface area contributed by atoms with Gasteiger partial charge in [-0.2, -0.15) is 0 Å². The molecule has 2 rings (SSSR count). The van der Waals surface area contributed by atoms with Gasteiger partial charge in [-0.05, 0) is 18.1 Å². The Morgan fingerprint density at radius 3 is 2.56 bits per heavy atom. The summed E-state index contributed by atoms with van der Waals surface area (Å²) in [5.41, 5.74) is 0.423. The van der Waals surface area contributed by atoms with E-state index < -0.39 is 9.84 Å². The van der Waals surface area contributed by atoms with Crippen molar-refractivity contribution >= 4 is 33.2 Å². The number of benzene rings is 1. The van der Waals surface area contributed by atoms with Gasteiger partial charge in [-0.3, -0.25) is 4.79 Å². The molecule has 1 N–H and O–H groups in total. The van der Waals surface area contributed by atoms with Gasteiger partial charge in [0, 0.05) is 11.2 Å². The van der Waals surface area contributed by atoms with Crippen LogP contribution in [0.2, 0.25) is 0 Å². The quantitative estimate of drug-likeness (QED) is 0.904. The molecule has 1 unspecified atom stereocenters. The molecule has 1 amide bonds. The van der Waals surface area contributed by atoms with Crippen LogP contribution in [0.1, 0.15) is 13.8 Å². The van der Waals surface area contributed by atoms with E-state index in [0.29, 0.717) is 5.69 Å². The summed E-state index contributed by atoms with van der Waals surface area (Å²) >= 11 is 1.43. The second-order valence-corrected chi connectivity index (χ2v) is 7.84. The first-order chi connectivity index (χ1) is 8.30. The monoisotopic (exact) mass is 285 g/mol. The number of hydrogen-bond acceptors (Lipinski definition) is 4. The third kappa shape index (κ3) is 2.40. The Bertz CT molecular complexity index is 593. The van der Waals surface area contributed by atoms with E-state index in [9.17, 15) is 13.2 Å². The highest BCUT2D eigenvalue weighted by Crippen LogP contribution is 2.41. The lowest BCUT2D eigenvalue weighted by Crippen LogP contribution is -2.33. The van der Waals surface area contributed by atoms with Crippen LogP contribution < -0.4 is 5.32 Å². The van der Waals surface area contributed by atoms with Gasteiger partial charge in [-0.15, -0.1) is 11.8 Å². The van der Waals surface area contributed by atoms with Gasteiger partial charge in [0.25, 0.3) is 0 Å². The summed E-state index contributed by atoms with van der Waals surface area (Å²) in [6.07, 6.45) is 1.15. The van der Waals surface area contributed by atoms with Crippen LogP contribution in [0, 0.1) is 5.92 Å². The van der Waals surface area contributed by atoms with Crippen LogP contribution in [-0.2, 0) is 14.6 Å². The highest BCUT2D eigenvalue weighted by Gasteiger charge is 2.32. The third-order valence-electron chi connectivity index (χ3n) is 2.75. The molecule has 98 valence electrons. The Hall–Kier alpha value is -1.01. The van der Waals surface area contributed by atoms with E-state index in [4.69, 9.17) is 0 Å². The summed E-state index contributed by atoms with van der Waals surface area (Å²) in [4.78, 5) is 13.0. The van der Waals surface area contributed by atoms with Crippen molar-refractivity contribution in [2.75, 3.05) is 11.6 Å². The zero-order valence-corrected chi connectivity index (χ0v) is 12.1. The molecule has 4 nitrogen and oxygen atoms in total. The van der Waals surface area contributed by atoms with E-state index in [1.165, 1.54) is 17.8 Å². The van der Waals surface area contributed by atoms with Crippen molar-refractivity contribution in [3.8, 4) is 0 Å². The number of nitrogens with one attached hydrogen (secondary N) is 1. The number of fused-ring (bicyclic) bond motifs is 1. The van der Waals surface area contributed by atoms with Gasteiger partial charge in [-0.1, -0.05) is 19.9 Å². The maximum atomic E-state index is 12.0. The van der Waals surface area contributed by atoms with E-state index in [-0.39, 0.29) is 22.0 Å². The van der Waals surface area contributed by atoms with E-state index in [0.717, 1.165) is 11.2 Å². The molecular formula is C12H15NO3S2. The fraction of sp³-hybridized carbons (Fsp3) is 0.417. The maximum absolute atomic E-state index is 12.0. The summed E-state index contributed by atoms with van der Waals surface area (Å²) in [5, 5.41) is 2.55. The van der Waals surface area contributed by atoms with Gasteiger partial charge >= 0.3 is 0 Å². The first-order valence-corrected chi connectivity index (χ1v) is 8.38.